The summed E-state index contributed by atoms with van der Waals surface area (Å²) < 4.78 is 5.78. The maximum absolute atomic E-state index is 11.9. The van der Waals surface area contributed by atoms with E-state index in [0.29, 0.717) is 24.7 Å². The van der Waals surface area contributed by atoms with Gasteiger partial charge < -0.3 is 15.4 Å². The second kappa shape index (κ2) is 10.1. The molecule has 0 saturated carbocycles. The molecule has 0 aliphatic heterocycles. The highest BCUT2D eigenvalue weighted by molar-refractivity contribution is 5.92. The van der Waals surface area contributed by atoms with Gasteiger partial charge in [-0.2, -0.15) is 0 Å². The van der Waals surface area contributed by atoms with Crippen LogP contribution < -0.4 is 15.4 Å². The number of carbonyl (C=O) groups excluding carboxylic acids is 1. The number of carbonyl (C=O) groups is 1. The number of nitrogens with zero attached hydrogens (tertiary/aromatic N) is 2. The standard InChI is InChI=1S/C22H24N4O2/c1-2-3-13-23-22(27)20-14-25-21(15-24-20)26-18-9-11-19(12-10-18)28-16-17-7-5-4-6-8-17/h4-12,14-15H,2-3,13,16H2,1H3,(H,23,27)(H,25,26). The first-order valence-corrected chi connectivity index (χ1v) is 9.38. The van der Waals surface area contributed by atoms with Crippen molar-refractivity contribution in [2.24, 2.45) is 0 Å². The van der Waals surface area contributed by atoms with Crippen LogP contribution >= 0.6 is 0 Å². The van der Waals surface area contributed by atoms with E-state index in [1.54, 1.807) is 6.20 Å². The van der Waals surface area contributed by atoms with Crippen LogP contribution in [0.5, 0.6) is 5.75 Å². The van der Waals surface area contributed by atoms with Gasteiger partial charge in [-0.3, -0.25) is 4.79 Å². The van der Waals surface area contributed by atoms with Crippen molar-refractivity contribution in [2.75, 3.05) is 11.9 Å². The highest BCUT2D eigenvalue weighted by Gasteiger charge is 2.07. The molecule has 0 unspecified atom stereocenters. The molecule has 2 N–H and O–H groups in total. The van der Waals surface area contributed by atoms with Crippen molar-refractivity contribution in [2.45, 2.75) is 26.4 Å². The number of nitrogens with one attached hydrogen (secondary N) is 2. The van der Waals surface area contributed by atoms with E-state index >= 15 is 0 Å². The van der Waals surface area contributed by atoms with Gasteiger partial charge in [-0.25, -0.2) is 9.97 Å². The molecule has 28 heavy (non-hydrogen) atoms. The van der Waals surface area contributed by atoms with Gasteiger partial charge in [0.15, 0.2) is 0 Å². The lowest BCUT2D eigenvalue weighted by molar-refractivity contribution is 0.0948. The Morgan fingerprint density at radius 1 is 1.00 bits per heavy atom. The Balaban J connectivity index is 1.51. The van der Waals surface area contributed by atoms with Crippen LogP contribution in [0.2, 0.25) is 0 Å². The van der Waals surface area contributed by atoms with Gasteiger partial charge in [0.25, 0.3) is 5.91 Å². The third-order valence-electron chi connectivity index (χ3n) is 4.08. The Hall–Kier alpha value is -3.41. The molecule has 1 amide bonds. The minimum atomic E-state index is -0.201. The van der Waals surface area contributed by atoms with E-state index in [-0.39, 0.29) is 5.91 Å². The molecule has 1 aromatic heterocycles. The molecule has 2 aromatic carbocycles. The molecule has 0 spiro atoms. The average molecular weight is 376 g/mol. The minimum Gasteiger partial charge on any atom is -0.489 e. The quantitative estimate of drug-likeness (QED) is 0.544. The molecule has 6 heteroatoms. The van der Waals surface area contributed by atoms with E-state index < -0.39 is 0 Å². The van der Waals surface area contributed by atoms with Crippen molar-refractivity contribution in [1.29, 1.82) is 0 Å². The summed E-state index contributed by atoms with van der Waals surface area (Å²) in [5.41, 5.74) is 2.30. The molecule has 3 aromatic rings. The second-order valence-corrected chi connectivity index (χ2v) is 6.32. The van der Waals surface area contributed by atoms with E-state index in [4.69, 9.17) is 4.74 Å². The van der Waals surface area contributed by atoms with Crippen molar-refractivity contribution in [3.63, 3.8) is 0 Å². The topological polar surface area (TPSA) is 76.1 Å². The fourth-order valence-corrected chi connectivity index (χ4v) is 2.50. The third kappa shape index (κ3) is 5.81. The predicted octanol–water partition coefficient (Wildman–Crippen LogP) is 4.33. The molecule has 1 heterocycles. The molecule has 0 fully saturated rings. The fourth-order valence-electron chi connectivity index (χ4n) is 2.50. The number of ether oxygens (including phenoxy) is 1. The zero-order valence-electron chi connectivity index (χ0n) is 15.9. The first-order valence-electron chi connectivity index (χ1n) is 9.38. The lowest BCUT2D eigenvalue weighted by atomic mass is 10.2. The summed E-state index contributed by atoms with van der Waals surface area (Å²) in [7, 11) is 0. The molecule has 0 aliphatic rings. The summed E-state index contributed by atoms with van der Waals surface area (Å²) in [6, 6.07) is 17.6. The van der Waals surface area contributed by atoms with Crippen LogP contribution in [0.1, 0.15) is 35.8 Å². The number of hydrogen-bond acceptors (Lipinski definition) is 5. The maximum Gasteiger partial charge on any atom is 0.271 e. The van der Waals surface area contributed by atoms with Crippen LogP contribution in [-0.2, 0) is 6.61 Å². The number of anilines is 2. The Bertz CT molecular complexity index is 865. The number of hydrogen-bond donors (Lipinski definition) is 2. The summed E-state index contributed by atoms with van der Waals surface area (Å²) in [6.07, 6.45) is 5.00. The zero-order valence-corrected chi connectivity index (χ0v) is 15.9. The maximum atomic E-state index is 11.9. The molecule has 0 bridgehead atoms. The first-order chi connectivity index (χ1) is 13.7. The number of benzene rings is 2. The molecule has 6 nitrogen and oxygen atoms in total. The van der Waals surface area contributed by atoms with Crippen molar-refractivity contribution < 1.29 is 9.53 Å². The predicted molar refractivity (Wildman–Crippen MR) is 110 cm³/mol. The van der Waals surface area contributed by atoms with Crippen LogP contribution in [-0.4, -0.2) is 22.4 Å². The van der Waals surface area contributed by atoms with Gasteiger partial charge >= 0.3 is 0 Å². The van der Waals surface area contributed by atoms with Crippen molar-refractivity contribution in [3.8, 4) is 5.75 Å². The first kappa shape index (κ1) is 19.4. The highest BCUT2D eigenvalue weighted by atomic mass is 16.5. The van der Waals surface area contributed by atoms with Crippen LogP contribution in [0.4, 0.5) is 11.5 Å². The third-order valence-corrected chi connectivity index (χ3v) is 4.08. The number of rotatable bonds is 9. The van der Waals surface area contributed by atoms with E-state index in [9.17, 15) is 4.79 Å². The summed E-state index contributed by atoms with van der Waals surface area (Å²) in [4.78, 5) is 20.4. The Morgan fingerprint density at radius 2 is 1.79 bits per heavy atom. The normalized spacial score (nSPS) is 10.3. The van der Waals surface area contributed by atoms with Gasteiger partial charge in [0, 0.05) is 12.2 Å². The van der Waals surface area contributed by atoms with Gasteiger partial charge in [0.2, 0.25) is 0 Å². The zero-order chi connectivity index (χ0) is 19.6. The monoisotopic (exact) mass is 376 g/mol. The van der Waals surface area contributed by atoms with E-state index in [1.165, 1.54) is 6.20 Å². The highest BCUT2D eigenvalue weighted by Crippen LogP contribution is 2.19. The van der Waals surface area contributed by atoms with Crippen molar-refractivity contribution >= 4 is 17.4 Å². The Kier molecular flexibility index (Phi) is 6.95. The molecule has 0 aliphatic carbocycles. The van der Waals surface area contributed by atoms with E-state index in [1.807, 2.05) is 54.6 Å². The summed E-state index contributed by atoms with van der Waals surface area (Å²) in [5.74, 6) is 1.16. The van der Waals surface area contributed by atoms with Gasteiger partial charge in [-0.1, -0.05) is 43.7 Å². The molecular weight excluding hydrogens is 352 g/mol. The average Bonchev–Trinajstić information content (AvgIpc) is 2.75. The van der Waals surface area contributed by atoms with Gasteiger partial charge in [-0.15, -0.1) is 0 Å². The van der Waals surface area contributed by atoms with Crippen LogP contribution in [0, 0.1) is 0 Å². The number of amides is 1. The fraction of sp³-hybridized carbons (Fsp3) is 0.227. The van der Waals surface area contributed by atoms with Crippen LogP contribution in [0.15, 0.2) is 67.0 Å². The van der Waals surface area contributed by atoms with Crippen molar-refractivity contribution in [3.05, 3.63) is 78.2 Å². The van der Waals surface area contributed by atoms with E-state index in [2.05, 4.69) is 27.5 Å². The number of unbranched alkanes of at least 4 members (excludes halogenated alkanes) is 1. The van der Waals surface area contributed by atoms with Crippen LogP contribution in [0.3, 0.4) is 0 Å². The minimum absolute atomic E-state index is 0.201. The Labute approximate surface area is 165 Å². The largest absolute Gasteiger partial charge is 0.489 e. The summed E-state index contributed by atoms with van der Waals surface area (Å²) in [5, 5.41) is 5.99. The lowest BCUT2D eigenvalue weighted by Crippen LogP contribution is -2.25. The van der Waals surface area contributed by atoms with Gasteiger partial charge in [0.05, 0.1) is 12.4 Å². The summed E-state index contributed by atoms with van der Waals surface area (Å²) in [6.45, 7) is 3.25. The van der Waals surface area contributed by atoms with Crippen molar-refractivity contribution in [1.82, 2.24) is 15.3 Å². The molecular formula is C22H24N4O2. The molecule has 0 saturated heterocycles. The smallest absolute Gasteiger partial charge is 0.271 e. The SMILES string of the molecule is CCCCNC(=O)c1cnc(Nc2ccc(OCc3ccccc3)cc2)cn1. The van der Waals surface area contributed by atoms with E-state index in [0.717, 1.165) is 29.8 Å². The Morgan fingerprint density at radius 3 is 2.46 bits per heavy atom. The van der Waals surface area contributed by atoms with Gasteiger partial charge in [0.1, 0.15) is 23.9 Å². The van der Waals surface area contributed by atoms with Crippen LogP contribution in [0.25, 0.3) is 0 Å². The van der Waals surface area contributed by atoms with Gasteiger partial charge in [-0.05, 0) is 36.2 Å². The second-order valence-electron chi connectivity index (χ2n) is 6.32. The number of aromatic nitrogens is 2. The lowest BCUT2D eigenvalue weighted by Gasteiger charge is -2.09. The molecule has 0 atom stereocenters. The molecule has 144 valence electrons. The molecule has 3 rings (SSSR count). The molecule has 0 radical (unpaired) electrons. The summed E-state index contributed by atoms with van der Waals surface area (Å²) >= 11 is 0.